The lowest BCUT2D eigenvalue weighted by Gasteiger charge is -1.84. The second-order valence-corrected chi connectivity index (χ2v) is 2.04. The van der Waals surface area contributed by atoms with Gasteiger partial charge in [-0.3, -0.25) is 0 Å². The molecule has 1 aromatic rings. The predicted octanol–water partition coefficient (Wildman–Crippen LogP) is 0.538. The second kappa shape index (κ2) is 2.74. The average Bonchev–Trinajstić information content (AvgIpc) is 2.34. The molecule has 0 bridgehead atoms. The summed E-state index contributed by atoms with van der Waals surface area (Å²) in [6.07, 6.45) is 1.45. The first-order valence-corrected chi connectivity index (χ1v) is 3.25. The highest BCUT2D eigenvalue weighted by Crippen LogP contribution is 1.99. The molecule has 0 aliphatic rings. The maximum atomic E-state index is 10.2. The van der Waals surface area contributed by atoms with Gasteiger partial charge < -0.3 is 10.1 Å². The van der Waals surface area contributed by atoms with Crippen LogP contribution >= 0.6 is 12.6 Å². The average molecular weight is 158 g/mol. The Bertz CT molecular complexity index is 246. The van der Waals surface area contributed by atoms with Crippen LogP contribution in [0.3, 0.4) is 0 Å². The van der Waals surface area contributed by atoms with Gasteiger partial charge in [0.2, 0.25) is 5.82 Å². The summed E-state index contributed by atoms with van der Waals surface area (Å²) >= 11 is 3.93. The molecule has 4 nitrogen and oxygen atoms in total. The van der Waals surface area contributed by atoms with Gasteiger partial charge in [0, 0.05) is 17.6 Å². The van der Waals surface area contributed by atoms with E-state index in [-0.39, 0.29) is 5.82 Å². The number of carbonyl (C=O) groups is 1. The zero-order valence-electron chi connectivity index (χ0n) is 5.03. The molecule has 0 amide bonds. The van der Waals surface area contributed by atoms with Crippen LogP contribution in [0.4, 0.5) is 0 Å². The van der Waals surface area contributed by atoms with Gasteiger partial charge in [-0.1, -0.05) is 0 Å². The van der Waals surface area contributed by atoms with E-state index in [1.807, 2.05) is 0 Å². The van der Waals surface area contributed by atoms with E-state index in [1.54, 1.807) is 0 Å². The van der Waals surface area contributed by atoms with Gasteiger partial charge in [-0.2, -0.15) is 12.6 Å². The topological polar surface area (TPSA) is 66.0 Å². The molecule has 0 saturated carbocycles. The van der Waals surface area contributed by atoms with Crippen molar-refractivity contribution in [3.8, 4) is 0 Å². The molecular weight excluding hydrogens is 152 g/mol. The highest BCUT2D eigenvalue weighted by atomic mass is 32.1. The summed E-state index contributed by atoms with van der Waals surface area (Å²) in [5.74, 6) is -0.614. The van der Waals surface area contributed by atoms with Crippen molar-refractivity contribution in [3.63, 3.8) is 0 Å². The van der Waals surface area contributed by atoms with E-state index in [1.165, 1.54) is 6.20 Å². The number of aromatic carboxylic acids is 1. The Morgan fingerprint density at radius 1 is 1.90 bits per heavy atom. The van der Waals surface area contributed by atoms with Crippen LogP contribution in [0.1, 0.15) is 16.3 Å². The van der Waals surface area contributed by atoms with E-state index < -0.39 is 5.97 Å². The predicted molar refractivity (Wildman–Crippen MR) is 38.2 cm³/mol. The van der Waals surface area contributed by atoms with E-state index in [0.717, 1.165) is 0 Å². The van der Waals surface area contributed by atoms with E-state index in [2.05, 4.69) is 22.6 Å². The fraction of sp³-hybridized carbons (Fsp3) is 0.200. The molecule has 0 atom stereocenters. The first kappa shape index (κ1) is 7.14. The smallest absolute Gasteiger partial charge is 0.371 e. The van der Waals surface area contributed by atoms with Crippen LogP contribution in [0.5, 0.6) is 0 Å². The zero-order chi connectivity index (χ0) is 7.56. The monoisotopic (exact) mass is 158 g/mol. The van der Waals surface area contributed by atoms with Crippen molar-refractivity contribution in [2.75, 3.05) is 0 Å². The summed E-state index contributed by atoms with van der Waals surface area (Å²) in [6.45, 7) is 0. The number of carboxylic acids is 1. The van der Waals surface area contributed by atoms with E-state index in [0.29, 0.717) is 11.4 Å². The Balaban J connectivity index is 2.88. The minimum Gasteiger partial charge on any atom is -0.475 e. The Hall–Kier alpha value is -0.970. The van der Waals surface area contributed by atoms with Gasteiger partial charge in [-0.05, 0) is 0 Å². The highest BCUT2D eigenvalue weighted by Gasteiger charge is 2.05. The number of aromatic nitrogens is 2. The lowest BCUT2D eigenvalue weighted by Crippen LogP contribution is -1.98. The molecule has 0 saturated heterocycles. The van der Waals surface area contributed by atoms with Crippen LogP contribution < -0.4 is 0 Å². The molecule has 2 N–H and O–H groups in total. The molecular formula is C5H6N2O2S. The molecule has 0 unspecified atom stereocenters. The van der Waals surface area contributed by atoms with Crippen molar-refractivity contribution in [3.05, 3.63) is 17.7 Å². The standard InChI is InChI=1S/C5H6N2O2S/c8-5(9)4-6-1-3(2-10)7-4/h1,10H,2H2,(H,6,7)(H,8,9). The molecule has 1 aromatic heterocycles. The number of H-pyrrole nitrogens is 1. The molecule has 0 aliphatic carbocycles. The number of aromatic amines is 1. The van der Waals surface area contributed by atoms with Gasteiger partial charge >= 0.3 is 5.97 Å². The Labute approximate surface area is 62.7 Å². The van der Waals surface area contributed by atoms with Crippen molar-refractivity contribution < 1.29 is 9.90 Å². The minimum absolute atomic E-state index is 0.0379. The Kier molecular flexibility index (Phi) is 1.96. The minimum atomic E-state index is -1.05. The van der Waals surface area contributed by atoms with Crippen LogP contribution in [-0.2, 0) is 5.75 Å². The van der Waals surface area contributed by atoms with Crippen molar-refractivity contribution in [2.45, 2.75) is 5.75 Å². The molecule has 0 aromatic carbocycles. The molecule has 0 aliphatic heterocycles. The van der Waals surface area contributed by atoms with Gasteiger partial charge in [0.1, 0.15) is 0 Å². The fourth-order valence-electron chi connectivity index (χ4n) is 0.548. The zero-order valence-corrected chi connectivity index (χ0v) is 5.93. The third-order valence-electron chi connectivity index (χ3n) is 1.00. The number of hydrogen-bond donors (Lipinski definition) is 3. The number of nitrogens with zero attached hydrogens (tertiary/aromatic N) is 1. The van der Waals surface area contributed by atoms with Crippen molar-refractivity contribution in [2.24, 2.45) is 0 Å². The Morgan fingerprint density at radius 2 is 2.60 bits per heavy atom. The molecule has 0 fully saturated rings. The second-order valence-electron chi connectivity index (χ2n) is 1.72. The summed E-state index contributed by atoms with van der Waals surface area (Å²) < 4.78 is 0. The van der Waals surface area contributed by atoms with Gasteiger partial charge in [-0.15, -0.1) is 0 Å². The van der Waals surface area contributed by atoms with Crippen LogP contribution in [0, 0.1) is 0 Å². The van der Waals surface area contributed by atoms with Gasteiger partial charge in [0.05, 0.1) is 0 Å². The summed E-state index contributed by atoms with van der Waals surface area (Å²) in [6, 6.07) is 0. The lowest BCUT2D eigenvalue weighted by atomic mass is 10.6. The number of hydrogen-bond acceptors (Lipinski definition) is 3. The number of carboxylic acid groups (broad SMARTS) is 1. The van der Waals surface area contributed by atoms with Crippen molar-refractivity contribution >= 4 is 18.6 Å². The first-order chi connectivity index (χ1) is 4.74. The van der Waals surface area contributed by atoms with Crippen LogP contribution in [0.2, 0.25) is 0 Å². The van der Waals surface area contributed by atoms with Crippen molar-refractivity contribution in [1.82, 2.24) is 9.97 Å². The molecule has 1 heterocycles. The maximum Gasteiger partial charge on any atom is 0.371 e. The molecule has 10 heavy (non-hydrogen) atoms. The quantitative estimate of drug-likeness (QED) is 0.550. The molecule has 54 valence electrons. The van der Waals surface area contributed by atoms with E-state index in [4.69, 9.17) is 5.11 Å². The third-order valence-corrected chi connectivity index (χ3v) is 1.34. The molecule has 0 radical (unpaired) electrons. The number of imidazole rings is 1. The molecule has 5 heteroatoms. The van der Waals surface area contributed by atoms with Crippen LogP contribution in [-0.4, -0.2) is 21.0 Å². The summed E-state index contributed by atoms with van der Waals surface area (Å²) in [4.78, 5) is 16.4. The van der Waals surface area contributed by atoms with Crippen LogP contribution in [0.25, 0.3) is 0 Å². The summed E-state index contributed by atoms with van der Waals surface area (Å²) in [7, 11) is 0. The summed E-state index contributed by atoms with van der Waals surface area (Å²) in [5.41, 5.74) is 0.709. The lowest BCUT2D eigenvalue weighted by molar-refractivity contribution is 0.0684. The summed E-state index contributed by atoms with van der Waals surface area (Å²) in [5, 5.41) is 8.37. The number of thiol groups is 1. The van der Waals surface area contributed by atoms with E-state index in [9.17, 15) is 4.79 Å². The van der Waals surface area contributed by atoms with E-state index >= 15 is 0 Å². The van der Waals surface area contributed by atoms with Gasteiger partial charge in [0.15, 0.2) is 0 Å². The third kappa shape index (κ3) is 1.30. The molecule has 0 spiro atoms. The maximum absolute atomic E-state index is 10.2. The van der Waals surface area contributed by atoms with Gasteiger partial charge in [0.25, 0.3) is 0 Å². The first-order valence-electron chi connectivity index (χ1n) is 2.62. The largest absolute Gasteiger partial charge is 0.475 e. The fourth-order valence-corrected chi connectivity index (χ4v) is 0.709. The SMILES string of the molecule is O=C(O)c1ncc(CS)[nH]1. The number of rotatable bonds is 2. The highest BCUT2D eigenvalue weighted by molar-refractivity contribution is 7.79. The molecule has 1 rings (SSSR count). The normalized spacial score (nSPS) is 9.70. The van der Waals surface area contributed by atoms with Crippen LogP contribution in [0.15, 0.2) is 6.20 Å². The Morgan fingerprint density at radius 3 is 2.90 bits per heavy atom. The number of nitrogens with one attached hydrogen (secondary N) is 1. The van der Waals surface area contributed by atoms with Crippen molar-refractivity contribution in [1.29, 1.82) is 0 Å². The van der Waals surface area contributed by atoms with Gasteiger partial charge in [-0.25, -0.2) is 9.78 Å².